The quantitative estimate of drug-likeness (QED) is 0.728. The molecule has 4 rings (SSSR count). The van der Waals surface area contributed by atoms with Gasteiger partial charge in [-0.05, 0) is 43.5 Å². The molecule has 28 heavy (non-hydrogen) atoms. The number of benzene rings is 2. The van der Waals surface area contributed by atoms with Gasteiger partial charge in [0.15, 0.2) is 0 Å². The SMILES string of the molecule is COc1ccccc1-c1coc2c(CN3CCC[C@H](C)C3)c(O)ccc2c1=O. The Morgan fingerprint density at radius 1 is 1.21 bits per heavy atom. The van der Waals surface area contributed by atoms with Crippen LogP contribution in [0.5, 0.6) is 11.5 Å². The lowest BCUT2D eigenvalue weighted by molar-refractivity contribution is 0.175. The summed E-state index contributed by atoms with van der Waals surface area (Å²) in [5.74, 6) is 1.42. The minimum absolute atomic E-state index is 0.126. The zero-order valence-corrected chi connectivity index (χ0v) is 16.3. The monoisotopic (exact) mass is 379 g/mol. The first-order chi connectivity index (χ1) is 13.6. The normalized spacial score (nSPS) is 17.7. The first kappa shape index (κ1) is 18.6. The average molecular weight is 379 g/mol. The molecule has 0 spiro atoms. The molecule has 1 atom stereocenters. The summed E-state index contributed by atoms with van der Waals surface area (Å²) >= 11 is 0. The van der Waals surface area contributed by atoms with Crippen molar-refractivity contribution < 1.29 is 14.3 Å². The van der Waals surface area contributed by atoms with E-state index in [2.05, 4.69) is 11.8 Å². The number of ether oxygens (including phenoxy) is 1. The van der Waals surface area contributed by atoms with E-state index in [1.807, 2.05) is 24.3 Å². The van der Waals surface area contributed by atoms with Gasteiger partial charge in [0.2, 0.25) is 5.43 Å². The van der Waals surface area contributed by atoms with Crippen LogP contribution >= 0.6 is 0 Å². The average Bonchev–Trinajstić information content (AvgIpc) is 2.70. The minimum atomic E-state index is -0.126. The minimum Gasteiger partial charge on any atom is -0.507 e. The summed E-state index contributed by atoms with van der Waals surface area (Å²) in [6.45, 7) is 4.79. The van der Waals surface area contributed by atoms with Gasteiger partial charge in [-0.3, -0.25) is 9.69 Å². The molecule has 1 saturated heterocycles. The molecule has 5 nitrogen and oxygen atoms in total. The van der Waals surface area contributed by atoms with Crippen LogP contribution in [0.4, 0.5) is 0 Å². The molecule has 0 bridgehead atoms. The molecule has 2 heterocycles. The number of hydrogen-bond acceptors (Lipinski definition) is 5. The van der Waals surface area contributed by atoms with Crippen LogP contribution in [0.3, 0.4) is 0 Å². The molecule has 0 saturated carbocycles. The topological polar surface area (TPSA) is 62.9 Å². The number of para-hydroxylation sites is 1. The standard InChI is InChI=1S/C23H25NO4/c1-15-6-5-11-24(12-15)13-18-20(25)10-9-17-22(26)19(14-28-23(17)18)16-7-3-4-8-21(16)27-2/h3-4,7-10,14-15,25H,5-6,11-13H2,1-2H3/t15-/m0/s1. The Balaban J connectivity index is 1.80. The van der Waals surface area contributed by atoms with Gasteiger partial charge in [-0.2, -0.15) is 0 Å². The maximum atomic E-state index is 13.2. The largest absolute Gasteiger partial charge is 0.507 e. The Bertz CT molecular complexity index is 1060. The van der Waals surface area contributed by atoms with Gasteiger partial charge in [-0.25, -0.2) is 0 Å². The maximum Gasteiger partial charge on any atom is 0.200 e. The molecule has 1 aliphatic heterocycles. The highest BCUT2D eigenvalue weighted by Crippen LogP contribution is 2.32. The van der Waals surface area contributed by atoms with Crippen molar-refractivity contribution in [3.8, 4) is 22.6 Å². The third kappa shape index (κ3) is 3.38. The zero-order valence-electron chi connectivity index (χ0n) is 16.3. The van der Waals surface area contributed by atoms with Crippen LogP contribution in [-0.4, -0.2) is 30.2 Å². The van der Waals surface area contributed by atoms with Gasteiger partial charge < -0.3 is 14.3 Å². The van der Waals surface area contributed by atoms with Gasteiger partial charge >= 0.3 is 0 Å². The van der Waals surface area contributed by atoms with Crippen molar-refractivity contribution in [1.82, 2.24) is 4.90 Å². The van der Waals surface area contributed by atoms with Crippen LogP contribution in [0.25, 0.3) is 22.1 Å². The lowest BCUT2D eigenvalue weighted by atomic mass is 9.99. The Hall–Kier alpha value is -2.79. The van der Waals surface area contributed by atoms with E-state index in [0.717, 1.165) is 19.5 Å². The number of piperidine rings is 1. The summed E-state index contributed by atoms with van der Waals surface area (Å²) in [5, 5.41) is 10.9. The van der Waals surface area contributed by atoms with E-state index in [9.17, 15) is 9.90 Å². The predicted molar refractivity (Wildman–Crippen MR) is 110 cm³/mol. The number of nitrogens with zero attached hydrogens (tertiary/aromatic N) is 1. The summed E-state index contributed by atoms with van der Waals surface area (Å²) in [5.41, 5.74) is 2.16. The van der Waals surface area contributed by atoms with Crippen LogP contribution in [0.15, 0.2) is 51.9 Å². The van der Waals surface area contributed by atoms with Crippen LogP contribution < -0.4 is 10.2 Å². The van der Waals surface area contributed by atoms with E-state index >= 15 is 0 Å². The summed E-state index contributed by atoms with van der Waals surface area (Å²) < 4.78 is 11.3. The molecular formula is C23H25NO4. The molecule has 0 unspecified atom stereocenters. The second-order valence-electron chi connectivity index (χ2n) is 7.60. The molecule has 0 amide bonds. The number of aromatic hydroxyl groups is 1. The first-order valence-corrected chi connectivity index (χ1v) is 9.70. The lowest BCUT2D eigenvalue weighted by Crippen LogP contribution is -2.33. The van der Waals surface area contributed by atoms with Crippen molar-refractivity contribution in [1.29, 1.82) is 0 Å². The second-order valence-corrected chi connectivity index (χ2v) is 7.60. The Labute approximate surface area is 164 Å². The van der Waals surface area contributed by atoms with E-state index in [-0.39, 0.29) is 11.2 Å². The van der Waals surface area contributed by atoms with Gasteiger partial charge in [-0.1, -0.05) is 25.1 Å². The van der Waals surface area contributed by atoms with E-state index in [0.29, 0.717) is 45.9 Å². The third-order valence-electron chi connectivity index (χ3n) is 5.54. The van der Waals surface area contributed by atoms with E-state index in [1.165, 1.54) is 12.7 Å². The number of methoxy groups -OCH3 is 1. The fourth-order valence-corrected chi connectivity index (χ4v) is 4.11. The number of phenols is 1. The molecule has 5 heteroatoms. The fraction of sp³-hybridized carbons (Fsp3) is 0.348. The Morgan fingerprint density at radius 3 is 2.82 bits per heavy atom. The van der Waals surface area contributed by atoms with Gasteiger partial charge in [-0.15, -0.1) is 0 Å². The molecular weight excluding hydrogens is 354 g/mol. The van der Waals surface area contributed by atoms with Crippen molar-refractivity contribution in [2.45, 2.75) is 26.3 Å². The highest BCUT2D eigenvalue weighted by atomic mass is 16.5. The molecule has 1 fully saturated rings. The van der Waals surface area contributed by atoms with E-state index < -0.39 is 0 Å². The van der Waals surface area contributed by atoms with Gasteiger partial charge in [0.05, 0.1) is 23.6 Å². The number of fused-ring (bicyclic) bond motifs is 1. The smallest absolute Gasteiger partial charge is 0.200 e. The number of hydrogen-bond donors (Lipinski definition) is 1. The fourth-order valence-electron chi connectivity index (χ4n) is 4.11. The summed E-state index contributed by atoms with van der Waals surface area (Å²) in [4.78, 5) is 15.5. The molecule has 3 aromatic rings. The summed E-state index contributed by atoms with van der Waals surface area (Å²) in [6.07, 6.45) is 3.86. The molecule has 1 aromatic heterocycles. The van der Waals surface area contributed by atoms with Crippen LogP contribution in [0, 0.1) is 5.92 Å². The first-order valence-electron chi connectivity index (χ1n) is 9.70. The van der Waals surface area contributed by atoms with Crippen LogP contribution in [0.1, 0.15) is 25.3 Å². The van der Waals surface area contributed by atoms with Crippen molar-refractivity contribution in [2.24, 2.45) is 5.92 Å². The summed E-state index contributed by atoms with van der Waals surface area (Å²) in [6, 6.07) is 10.6. The van der Waals surface area contributed by atoms with Gasteiger partial charge in [0.25, 0.3) is 0 Å². The molecule has 146 valence electrons. The van der Waals surface area contributed by atoms with Crippen LogP contribution in [0.2, 0.25) is 0 Å². The lowest BCUT2D eigenvalue weighted by Gasteiger charge is -2.31. The highest BCUT2D eigenvalue weighted by molar-refractivity contribution is 5.86. The molecule has 0 radical (unpaired) electrons. The molecule has 2 aromatic carbocycles. The third-order valence-corrected chi connectivity index (χ3v) is 5.54. The van der Waals surface area contributed by atoms with E-state index in [4.69, 9.17) is 9.15 Å². The molecule has 1 N–H and O–H groups in total. The van der Waals surface area contributed by atoms with E-state index in [1.54, 1.807) is 19.2 Å². The Kier molecular flexibility index (Phi) is 5.09. The van der Waals surface area contributed by atoms with Crippen LogP contribution in [-0.2, 0) is 6.54 Å². The van der Waals surface area contributed by atoms with Crippen molar-refractivity contribution in [2.75, 3.05) is 20.2 Å². The number of phenolic OH excluding ortho intramolecular Hbond substituents is 1. The van der Waals surface area contributed by atoms with Gasteiger partial charge in [0.1, 0.15) is 23.3 Å². The number of likely N-dealkylation sites (tertiary alicyclic amines) is 1. The zero-order chi connectivity index (χ0) is 19.7. The molecule has 1 aliphatic rings. The Morgan fingerprint density at radius 2 is 2.04 bits per heavy atom. The van der Waals surface area contributed by atoms with Crippen molar-refractivity contribution in [3.63, 3.8) is 0 Å². The van der Waals surface area contributed by atoms with Crippen molar-refractivity contribution in [3.05, 3.63) is 58.4 Å². The highest BCUT2D eigenvalue weighted by Gasteiger charge is 2.21. The summed E-state index contributed by atoms with van der Waals surface area (Å²) in [7, 11) is 1.58. The predicted octanol–water partition coefficient (Wildman–Crippen LogP) is 4.41. The molecule has 0 aliphatic carbocycles. The van der Waals surface area contributed by atoms with Crippen molar-refractivity contribution >= 4 is 11.0 Å². The maximum absolute atomic E-state index is 13.2. The number of rotatable bonds is 4. The van der Waals surface area contributed by atoms with Gasteiger partial charge in [0, 0.05) is 18.7 Å². The second kappa shape index (κ2) is 7.68.